The van der Waals surface area contributed by atoms with E-state index >= 15 is 0 Å². The summed E-state index contributed by atoms with van der Waals surface area (Å²) in [6.07, 6.45) is -0.904. The van der Waals surface area contributed by atoms with Crippen LogP contribution in [0.3, 0.4) is 0 Å². The number of carboxylic acid groups (broad SMARTS) is 1. The first-order valence-corrected chi connectivity index (χ1v) is 3.58. The summed E-state index contributed by atoms with van der Waals surface area (Å²) < 4.78 is 7.54. The van der Waals surface area contributed by atoms with Gasteiger partial charge >= 0.3 is 5.97 Å². The maximum Gasteiger partial charge on any atom is 0.320 e. The number of hydrogen-bond donors (Lipinski definition) is 2. The van der Waals surface area contributed by atoms with E-state index in [9.17, 15) is 4.79 Å². The second-order valence-corrected chi connectivity index (χ2v) is 2.44. The lowest BCUT2D eigenvalue weighted by Crippen LogP contribution is -2.32. The third-order valence-corrected chi connectivity index (χ3v) is 1.46. The van der Waals surface area contributed by atoms with Crippen LogP contribution in [0.4, 0.5) is 0 Å². The fraction of sp³-hybridized carbons (Fsp3) is 0.222. The van der Waals surface area contributed by atoms with Crippen molar-refractivity contribution < 1.29 is 11.3 Å². The van der Waals surface area contributed by atoms with E-state index in [1.54, 1.807) is 24.3 Å². The summed E-state index contributed by atoms with van der Waals surface area (Å²) in [6, 6.07) is 7.54. The van der Waals surface area contributed by atoms with Crippen LogP contribution in [0.5, 0.6) is 0 Å². The molecule has 1 unspecified atom stereocenters. The monoisotopic (exact) mass is 166 g/mol. The van der Waals surface area contributed by atoms with Crippen molar-refractivity contribution in [2.45, 2.75) is 12.4 Å². The summed E-state index contributed by atoms with van der Waals surface area (Å²) in [5.74, 6) is -1.15. The Balaban J connectivity index is 2.79. The van der Waals surface area contributed by atoms with E-state index < -0.39 is 18.4 Å². The molecule has 0 bridgehead atoms. The van der Waals surface area contributed by atoms with Crippen LogP contribution in [0.15, 0.2) is 30.3 Å². The molecule has 2 atom stereocenters. The molecule has 0 fully saturated rings. The Hall–Kier alpha value is -1.35. The maximum atomic E-state index is 10.5. The normalized spacial score (nSPS) is 16.2. The molecule has 0 radical (unpaired) electrons. The Morgan fingerprint density at radius 2 is 2.17 bits per heavy atom. The molecule has 12 heavy (non-hydrogen) atoms. The maximum absolute atomic E-state index is 10.5. The molecule has 3 N–H and O–H groups in total. The van der Waals surface area contributed by atoms with E-state index in [1.165, 1.54) is 0 Å². The lowest BCUT2D eigenvalue weighted by atomic mass is 10.1. The van der Waals surface area contributed by atoms with E-state index in [2.05, 4.69) is 0 Å². The summed E-state index contributed by atoms with van der Waals surface area (Å²) in [5, 5.41) is 8.57. The van der Waals surface area contributed by atoms with Crippen molar-refractivity contribution in [2.75, 3.05) is 0 Å². The van der Waals surface area contributed by atoms with E-state index in [0.717, 1.165) is 0 Å². The molecule has 0 heterocycles. The summed E-state index contributed by atoms with van der Waals surface area (Å²) in [4.78, 5) is 10.5. The van der Waals surface area contributed by atoms with Crippen LogP contribution in [0.2, 0.25) is 0 Å². The highest BCUT2D eigenvalue weighted by atomic mass is 16.4. The second kappa shape index (κ2) is 3.88. The molecule has 0 aromatic heterocycles. The van der Waals surface area contributed by atoms with Gasteiger partial charge in [0.05, 0.1) is 0 Å². The van der Waals surface area contributed by atoms with Gasteiger partial charge in [0.2, 0.25) is 0 Å². The van der Waals surface area contributed by atoms with Crippen molar-refractivity contribution in [2.24, 2.45) is 5.73 Å². The van der Waals surface area contributed by atoms with E-state index in [0.29, 0.717) is 5.56 Å². The van der Waals surface area contributed by atoms with Gasteiger partial charge < -0.3 is 10.8 Å². The fourth-order valence-electron chi connectivity index (χ4n) is 0.843. The first kappa shape index (κ1) is 7.31. The molecular weight excluding hydrogens is 154 g/mol. The minimum atomic E-state index is -1.16. The molecule has 0 amide bonds. The topological polar surface area (TPSA) is 63.3 Å². The van der Waals surface area contributed by atoms with Gasteiger partial charge in [-0.05, 0) is 12.0 Å². The summed E-state index contributed by atoms with van der Waals surface area (Å²) in [6.45, 7) is 0. The number of hydrogen-bond acceptors (Lipinski definition) is 2. The van der Waals surface area contributed by atoms with Crippen molar-refractivity contribution in [3.8, 4) is 0 Å². The predicted molar refractivity (Wildman–Crippen MR) is 45.8 cm³/mol. The first-order valence-electron chi connectivity index (χ1n) is 4.16. The molecule has 1 rings (SSSR count). The Morgan fingerprint density at radius 1 is 1.58 bits per heavy atom. The van der Waals surface area contributed by atoms with Gasteiger partial charge in [-0.1, -0.05) is 30.3 Å². The van der Waals surface area contributed by atoms with Crippen LogP contribution in [0, 0.1) is 0 Å². The zero-order valence-electron chi connectivity index (χ0n) is 7.47. The molecule has 0 aliphatic carbocycles. The van der Waals surface area contributed by atoms with Gasteiger partial charge in [0.15, 0.2) is 0 Å². The van der Waals surface area contributed by atoms with Crippen LogP contribution in [0.1, 0.15) is 6.93 Å². The first-order chi connectivity index (χ1) is 6.13. The summed E-state index contributed by atoms with van der Waals surface area (Å²) in [5.41, 5.74) is 5.93. The van der Waals surface area contributed by atoms with Gasteiger partial charge in [-0.2, -0.15) is 0 Å². The molecule has 0 aliphatic heterocycles. The molecule has 0 aliphatic rings. The largest absolute Gasteiger partial charge is 0.480 e. The molecule has 64 valence electrons. The zero-order chi connectivity index (χ0) is 9.84. The highest BCUT2D eigenvalue weighted by molar-refractivity contribution is 5.73. The summed E-state index contributed by atoms with van der Waals surface area (Å²) in [7, 11) is 0. The molecule has 0 spiro atoms. The van der Waals surface area contributed by atoms with Gasteiger partial charge in [-0.15, -0.1) is 0 Å². The van der Waals surface area contributed by atoms with Crippen LogP contribution >= 0.6 is 0 Å². The molecular formula is C9H11NO2. The van der Waals surface area contributed by atoms with Crippen molar-refractivity contribution in [1.82, 2.24) is 0 Å². The van der Waals surface area contributed by atoms with E-state index in [-0.39, 0.29) is 0 Å². The minimum absolute atomic E-state index is 0.623. The highest BCUT2D eigenvalue weighted by Gasteiger charge is 2.10. The summed E-state index contributed by atoms with van der Waals surface area (Å²) >= 11 is 0. The smallest absolute Gasteiger partial charge is 0.320 e. The minimum Gasteiger partial charge on any atom is -0.480 e. The number of carbonyl (C=O) groups is 1. The highest BCUT2D eigenvalue weighted by Crippen LogP contribution is 2.01. The molecule has 1 aromatic carbocycles. The van der Waals surface area contributed by atoms with Gasteiger partial charge in [0.1, 0.15) is 6.04 Å². The lowest BCUT2D eigenvalue weighted by molar-refractivity contribution is -0.138. The third kappa shape index (κ3) is 2.36. The zero-order valence-corrected chi connectivity index (χ0v) is 6.47. The van der Waals surface area contributed by atoms with Crippen molar-refractivity contribution in [3.63, 3.8) is 0 Å². The number of carboxylic acids is 1. The van der Waals surface area contributed by atoms with Gasteiger partial charge in [-0.3, -0.25) is 4.79 Å². The number of rotatable bonds is 3. The number of aliphatic carboxylic acids is 1. The molecule has 3 heteroatoms. The van der Waals surface area contributed by atoms with Gasteiger partial charge in [-0.25, -0.2) is 0 Å². The quantitative estimate of drug-likeness (QED) is 0.692. The van der Waals surface area contributed by atoms with Crippen molar-refractivity contribution >= 4 is 5.97 Å². The Bertz CT molecular complexity index is 289. The predicted octanol–water partition coefficient (Wildman–Crippen LogP) is 0.641. The molecule has 1 aromatic rings. The van der Waals surface area contributed by atoms with Crippen LogP contribution in [0.25, 0.3) is 0 Å². The Morgan fingerprint density at radius 3 is 2.67 bits per heavy atom. The Kier molecular flexibility index (Phi) is 2.36. The molecule has 3 nitrogen and oxygen atoms in total. The fourth-order valence-corrected chi connectivity index (χ4v) is 0.843. The van der Waals surface area contributed by atoms with Crippen molar-refractivity contribution in [1.29, 1.82) is 0 Å². The average molecular weight is 166 g/mol. The van der Waals surface area contributed by atoms with E-state index in [4.69, 9.17) is 12.2 Å². The lowest BCUT2D eigenvalue weighted by Gasteiger charge is -2.04. The van der Waals surface area contributed by atoms with Crippen LogP contribution in [-0.2, 0) is 11.2 Å². The van der Waals surface area contributed by atoms with E-state index in [1.807, 2.05) is 6.07 Å². The number of nitrogens with two attached hydrogens (primary N) is 1. The molecule has 0 saturated carbocycles. The second-order valence-electron chi connectivity index (χ2n) is 2.44. The Labute approximate surface area is 72.2 Å². The average Bonchev–Trinajstić information content (AvgIpc) is 2.17. The van der Waals surface area contributed by atoms with Gasteiger partial charge in [0.25, 0.3) is 0 Å². The van der Waals surface area contributed by atoms with Crippen molar-refractivity contribution in [3.05, 3.63) is 35.9 Å². The van der Waals surface area contributed by atoms with Crippen LogP contribution in [-0.4, -0.2) is 17.1 Å². The standard InChI is InChI=1S/C9H11NO2/c10-8(9(11)12)6-7-4-2-1-3-5-7/h1-5,8H,6,10H2,(H,11,12)/t8-/m0/s1/i6D/t6?,8-. The van der Waals surface area contributed by atoms with Gasteiger partial charge in [0, 0.05) is 1.37 Å². The SMILES string of the molecule is [2H]C(c1ccccc1)[C@H](N)C(=O)O. The molecule has 0 saturated heterocycles. The third-order valence-electron chi connectivity index (χ3n) is 1.46. The number of benzene rings is 1. The van der Waals surface area contributed by atoms with Crippen LogP contribution < -0.4 is 5.73 Å².